The SMILES string of the molecule is COC(=O)c1ccc2c(c1)[nH]c(=O)n2C1CCN(C)CC1. The van der Waals surface area contributed by atoms with Crippen LogP contribution in [0.2, 0.25) is 0 Å². The van der Waals surface area contributed by atoms with Crippen LogP contribution < -0.4 is 5.69 Å². The van der Waals surface area contributed by atoms with Gasteiger partial charge >= 0.3 is 11.7 Å². The maximum atomic E-state index is 12.2. The fraction of sp³-hybridized carbons (Fsp3) is 0.467. The number of benzene rings is 1. The molecule has 1 aromatic carbocycles. The summed E-state index contributed by atoms with van der Waals surface area (Å²) in [5.74, 6) is -0.398. The minimum absolute atomic E-state index is 0.110. The van der Waals surface area contributed by atoms with Gasteiger partial charge in [0.15, 0.2) is 0 Å². The van der Waals surface area contributed by atoms with Crippen molar-refractivity contribution in [2.24, 2.45) is 0 Å². The molecule has 1 N–H and O–H groups in total. The summed E-state index contributed by atoms with van der Waals surface area (Å²) in [7, 11) is 3.44. The number of nitrogens with one attached hydrogen (secondary N) is 1. The van der Waals surface area contributed by atoms with Crippen molar-refractivity contribution < 1.29 is 9.53 Å². The van der Waals surface area contributed by atoms with Crippen molar-refractivity contribution in [3.8, 4) is 0 Å². The summed E-state index contributed by atoms with van der Waals surface area (Å²) in [5, 5.41) is 0. The second kappa shape index (κ2) is 5.37. The third kappa shape index (κ3) is 2.47. The largest absolute Gasteiger partial charge is 0.465 e. The number of imidazole rings is 1. The molecule has 112 valence electrons. The van der Waals surface area contributed by atoms with E-state index in [-0.39, 0.29) is 11.7 Å². The minimum atomic E-state index is -0.398. The topological polar surface area (TPSA) is 67.3 Å². The molecule has 1 aromatic heterocycles. The molecule has 0 bridgehead atoms. The average molecular weight is 289 g/mol. The zero-order valence-electron chi connectivity index (χ0n) is 12.3. The van der Waals surface area contributed by atoms with E-state index in [1.165, 1.54) is 7.11 Å². The van der Waals surface area contributed by atoms with E-state index in [0.29, 0.717) is 11.1 Å². The predicted molar refractivity (Wildman–Crippen MR) is 79.7 cm³/mol. The molecule has 21 heavy (non-hydrogen) atoms. The molecule has 0 amide bonds. The number of H-pyrrole nitrogens is 1. The molecule has 0 spiro atoms. The Balaban J connectivity index is 2.02. The number of hydrogen-bond donors (Lipinski definition) is 1. The number of methoxy groups -OCH3 is 1. The van der Waals surface area contributed by atoms with Crippen LogP contribution >= 0.6 is 0 Å². The van der Waals surface area contributed by atoms with Gasteiger partial charge in [0.05, 0.1) is 23.7 Å². The molecule has 2 aromatic rings. The number of nitrogens with zero attached hydrogens (tertiary/aromatic N) is 2. The third-order valence-electron chi connectivity index (χ3n) is 4.19. The lowest BCUT2D eigenvalue weighted by Gasteiger charge is -2.29. The summed E-state index contributed by atoms with van der Waals surface area (Å²) in [6, 6.07) is 5.41. The number of fused-ring (bicyclic) bond motifs is 1. The molecule has 1 fully saturated rings. The van der Waals surface area contributed by atoms with E-state index in [1.54, 1.807) is 12.1 Å². The number of aromatic amines is 1. The monoisotopic (exact) mass is 289 g/mol. The van der Waals surface area contributed by atoms with Crippen LogP contribution in [0.25, 0.3) is 11.0 Å². The van der Waals surface area contributed by atoms with Crippen molar-refractivity contribution in [3.63, 3.8) is 0 Å². The minimum Gasteiger partial charge on any atom is -0.465 e. The highest BCUT2D eigenvalue weighted by Gasteiger charge is 2.22. The number of carbonyl (C=O) groups excluding carboxylic acids is 1. The van der Waals surface area contributed by atoms with Gasteiger partial charge in [0.2, 0.25) is 0 Å². The van der Waals surface area contributed by atoms with E-state index in [2.05, 4.69) is 16.9 Å². The molecule has 0 unspecified atom stereocenters. The molecule has 6 nitrogen and oxygen atoms in total. The Morgan fingerprint density at radius 2 is 2.05 bits per heavy atom. The molecular weight excluding hydrogens is 270 g/mol. The second-order valence-corrected chi connectivity index (χ2v) is 5.56. The van der Waals surface area contributed by atoms with Crippen LogP contribution in [0.4, 0.5) is 0 Å². The molecule has 1 aliphatic rings. The predicted octanol–water partition coefficient (Wildman–Crippen LogP) is 1.38. The first kappa shape index (κ1) is 13.9. The molecular formula is C15H19N3O3. The van der Waals surface area contributed by atoms with Crippen molar-refractivity contribution >= 4 is 17.0 Å². The number of piperidine rings is 1. The number of likely N-dealkylation sites (tertiary alicyclic amines) is 1. The van der Waals surface area contributed by atoms with Crippen LogP contribution in [0.15, 0.2) is 23.0 Å². The van der Waals surface area contributed by atoms with E-state index in [1.807, 2.05) is 10.6 Å². The summed E-state index contributed by atoms with van der Waals surface area (Å²) in [5.41, 5.74) is 1.87. The van der Waals surface area contributed by atoms with Crippen LogP contribution in [0, 0.1) is 0 Å². The second-order valence-electron chi connectivity index (χ2n) is 5.56. The molecule has 3 rings (SSSR count). The van der Waals surface area contributed by atoms with Gasteiger partial charge in [-0.3, -0.25) is 4.57 Å². The maximum absolute atomic E-state index is 12.2. The Kier molecular flexibility index (Phi) is 3.55. The maximum Gasteiger partial charge on any atom is 0.337 e. The summed E-state index contributed by atoms with van der Waals surface area (Å²) in [6.45, 7) is 1.98. The lowest BCUT2D eigenvalue weighted by atomic mass is 10.1. The Bertz CT molecular complexity index is 723. The van der Waals surface area contributed by atoms with Crippen LogP contribution in [-0.4, -0.2) is 47.7 Å². The number of carbonyl (C=O) groups is 1. The summed E-state index contributed by atoms with van der Waals surface area (Å²) in [6.07, 6.45) is 1.92. The molecule has 6 heteroatoms. The molecule has 0 radical (unpaired) electrons. The highest BCUT2D eigenvalue weighted by Crippen LogP contribution is 2.24. The van der Waals surface area contributed by atoms with Crippen LogP contribution in [-0.2, 0) is 4.74 Å². The van der Waals surface area contributed by atoms with E-state index in [0.717, 1.165) is 31.4 Å². The van der Waals surface area contributed by atoms with Gasteiger partial charge < -0.3 is 14.6 Å². The fourth-order valence-electron chi connectivity index (χ4n) is 2.99. The number of rotatable bonds is 2. The van der Waals surface area contributed by atoms with Gasteiger partial charge in [-0.2, -0.15) is 0 Å². The molecule has 0 saturated carbocycles. The summed E-state index contributed by atoms with van der Waals surface area (Å²) in [4.78, 5) is 28.9. The van der Waals surface area contributed by atoms with Crippen molar-refractivity contribution in [2.45, 2.75) is 18.9 Å². The van der Waals surface area contributed by atoms with Gasteiger partial charge in [-0.1, -0.05) is 0 Å². The number of esters is 1. The van der Waals surface area contributed by atoms with Gasteiger partial charge in [-0.15, -0.1) is 0 Å². The van der Waals surface area contributed by atoms with Gasteiger partial charge in [0.1, 0.15) is 0 Å². The van der Waals surface area contributed by atoms with E-state index in [9.17, 15) is 9.59 Å². The first-order valence-corrected chi connectivity index (χ1v) is 7.11. The highest BCUT2D eigenvalue weighted by molar-refractivity contribution is 5.93. The fourth-order valence-corrected chi connectivity index (χ4v) is 2.99. The Hall–Kier alpha value is -2.08. The Morgan fingerprint density at radius 3 is 2.71 bits per heavy atom. The van der Waals surface area contributed by atoms with Gasteiger partial charge in [-0.25, -0.2) is 9.59 Å². The zero-order chi connectivity index (χ0) is 15.0. The summed E-state index contributed by atoms with van der Waals surface area (Å²) < 4.78 is 6.53. The molecule has 1 aliphatic heterocycles. The Morgan fingerprint density at radius 1 is 1.33 bits per heavy atom. The van der Waals surface area contributed by atoms with Gasteiger partial charge in [-0.05, 0) is 51.2 Å². The first-order valence-electron chi connectivity index (χ1n) is 7.11. The van der Waals surface area contributed by atoms with E-state index >= 15 is 0 Å². The van der Waals surface area contributed by atoms with Crippen LogP contribution in [0.3, 0.4) is 0 Å². The smallest absolute Gasteiger partial charge is 0.337 e. The van der Waals surface area contributed by atoms with Crippen molar-refractivity contribution in [3.05, 3.63) is 34.2 Å². The number of aromatic nitrogens is 2. The van der Waals surface area contributed by atoms with Crippen LogP contribution in [0.5, 0.6) is 0 Å². The standard InChI is InChI=1S/C15H19N3O3/c1-17-7-5-11(6-8-17)18-13-4-3-10(14(19)21-2)9-12(13)16-15(18)20/h3-4,9,11H,5-8H2,1-2H3,(H,16,20). The average Bonchev–Trinajstić information content (AvgIpc) is 2.82. The molecule has 0 atom stereocenters. The van der Waals surface area contributed by atoms with Crippen molar-refractivity contribution in [1.29, 1.82) is 0 Å². The van der Waals surface area contributed by atoms with Crippen molar-refractivity contribution in [2.75, 3.05) is 27.2 Å². The number of ether oxygens (including phenoxy) is 1. The molecule has 1 saturated heterocycles. The summed E-state index contributed by atoms with van der Waals surface area (Å²) >= 11 is 0. The quantitative estimate of drug-likeness (QED) is 0.848. The van der Waals surface area contributed by atoms with Gasteiger partial charge in [0, 0.05) is 6.04 Å². The molecule has 0 aliphatic carbocycles. The van der Waals surface area contributed by atoms with E-state index < -0.39 is 5.97 Å². The van der Waals surface area contributed by atoms with Crippen molar-refractivity contribution in [1.82, 2.24) is 14.5 Å². The molecule has 2 heterocycles. The number of hydrogen-bond acceptors (Lipinski definition) is 4. The first-order chi connectivity index (χ1) is 10.1. The Labute approximate surface area is 122 Å². The van der Waals surface area contributed by atoms with Crippen LogP contribution in [0.1, 0.15) is 29.2 Å². The third-order valence-corrected chi connectivity index (χ3v) is 4.19. The zero-order valence-corrected chi connectivity index (χ0v) is 12.3. The van der Waals surface area contributed by atoms with E-state index in [4.69, 9.17) is 4.74 Å². The normalized spacial score (nSPS) is 17.2. The lowest BCUT2D eigenvalue weighted by molar-refractivity contribution is 0.0601. The lowest BCUT2D eigenvalue weighted by Crippen LogP contribution is -2.34. The highest BCUT2D eigenvalue weighted by atomic mass is 16.5. The van der Waals surface area contributed by atoms with Gasteiger partial charge in [0.25, 0.3) is 0 Å².